The van der Waals surface area contributed by atoms with Crippen molar-refractivity contribution in [1.29, 1.82) is 0 Å². The predicted molar refractivity (Wildman–Crippen MR) is 60.6 cm³/mol. The first kappa shape index (κ1) is 11.1. The van der Waals surface area contributed by atoms with Crippen molar-refractivity contribution in [3.8, 4) is 16.9 Å². The number of carbonyl (C=O) groups is 1. The maximum absolute atomic E-state index is 10.8. The van der Waals surface area contributed by atoms with E-state index < -0.39 is 5.97 Å². The van der Waals surface area contributed by atoms with Crippen molar-refractivity contribution < 1.29 is 14.6 Å². The van der Waals surface area contributed by atoms with Crippen LogP contribution in [-0.2, 0) is 0 Å². The molecular formula is C13H10NO3-. The molecule has 0 fully saturated rings. The van der Waals surface area contributed by atoms with Crippen LogP contribution in [0.4, 0.5) is 0 Å². The van der Waals surface area contributed by atoms with Crippen LogP contribution in [-0.4, -0.2) is 18.1 Å². The Morgan fingerprint density at radius 3 is 2.76 bits per heavy atom. The average molecular weight is 228 g/mol. The molecule has 0 aliphatic heterocycles. The zero-order valence-corrected chi connectivity index (χ0v) is 9.21. The Morgan fingerprint density at radius 2 is 2.06 bits per heavy atom. The first-order valence-corrected chi connectivity index (χ1v) is 5.01. The second-order valence-corrected chi connectivity index (χ2v) is 3.48. The van der Waals surface area contributed by atoms with Crippen molar-refractivity contribution in [3.05, 3.63) is 48.3 Å². The molecule has 0 N–H and O–H groups in total. The molecule has 0 unspecified atom stereocenters. The largest absolute Gasteiger partial charge is 0.545 e. The van der Waals surface area contributed by atoms with Gasteiger partial charge in [0.25, 0.3) is 0 Å². The molecule has 0 spiro atoms. The normalized spacial score (nSPS) is 9.94. The number of nitrogens with zero attached hydrogens (tertiary/aromatic N) is 1. The van der Waals surface area contributed by atoms with E-state index in [1.165, 1.54) is 6.07 Å². The van der Waals surface area contributed by atoms with Crippen molar-refractivity contribution >= 4 is 5.97 Å². The Labute approximate surface area is 98.5 Å². The lowest BCUT2D eigenvalue weighted by atomic mass is 10.0. The van der Waals surface area contributed by atoms with Crippen LogP contribution in [0.25, 0.3) is 11.1 Å². The van der Waals surface area contributed by atoms with Crippen LogP contribution in [0, 0.1) is 0 Å². The molecule has 17 heavy (non-hydrogen) atoms. The van der Waals surface area contributed by atoms with Gasteiger partial charge in [-0.25, -0.2) is 0 Å². The Hall–Kier alpha value is -2.36. The minimum Gasteiger partial charge on any atom is -0.545 e. The van der Waals surface area contributed by atoms with Crippen molar-refractivity contribution in [2.75, 3.05) is 7.11 Å². The van der Waals surface area contributed by atoms with Gasteiger partial charge in [-0.05, 0) is 23.3 Å². The molecule has 0 aliphatic rings. The number of methoxy groups -OCH3 is 1. The molecule has 1 aromatic carbocycles. The maximum Gasteiger partial charge on any atom is 0.137 e. The highest BCUT2D eigenvalue weighted by Gasteiger charge is 2.02. The number of benzene rings is 1. The van der Waals surface area contributed by atoms with Gasteiger partial charge in [-0.1, -0.05) is 18.2 Å². The zero-order chi connectivity index (χ0) is 12.3. The van der Waals surface area contributed by atoms with Crippen molar-refractivity contribution in [1.82, 2.24) is 4.98 Å². The summed E-state index contributed by atoms with van der Waals surface area (Å²) in [5, 5.41) is 10.8. The summed E-state index contributed by atoms with van der Waals surface area (Å²) in [6.07, 6.45) is 3.24. The van der Waals surface area contributed by atoms with E-state index in [9.17, 15) is 9.90 Å². The third-order valence-electron chi connectivity index (χ3n) is 2.38. The third kappa shape index (κ3) is 2.42. The van der Waals surface area contributed by atoms with Gasteiger partial charge in [0.2, 0.25) is 0 Å². The molecule has 0 bridgehead atoms. The van der Waals surface area contributed by atoms with Gasteiger partial charge in [0.05, 0.1) is 19.3 Å². The number of hydrogen-bond donors (Lipinski definition) is 0. The number of rotatable bonds is 3. The van der Waals surface area contributed by atoms with Crippen molar-refractivity contribution in [3.63, 3.8) is 0 Å². The summed E-state index contributed by atoms with van der Waals surface area (Å²) < 4.78 is 5.06. The van der Waals surface area contributed by atoms with Crippen LogP contribution in [0.1, 0.15) is 10.4 Å². The SMILES string of the molecule is COc1cncc(-c2cccc(C(=O)[O-])c2)c1. The van der Waals surface area contributed by atoms with Crippen LogP contribution >= 0.6 is 0 Å². The summed E-state index contributed by atoms with van der Waals surface area (Å²) >= 11 is 0. The van der Waals surface area contributed by atoms with E-state index in [4.69, 9.17) is 4.74 Å². The molecule has 0 radical (unpaired) electrons. The van der Waals surface area contributed by atoms with E-state index in [1.54, 1.807) is 37.7 Å². The topological polar surface area (TPSA) is 62.2 Å². The second kappa shape index (κ2) is 4.65. The van der Waals surface area contributed by atoms with E-state index in [2.05, 4.69) is 4.98 Å². The van der Waals surface area contributed by atoms with Gasteiger partial charge in [0, 0.05) is 11.8 Å². The maximum atomic E-state index is 10.8. The fourth-order valence-corrected chi connectivity index (χ4v) is 1.51. The number of aromatic nitrogens is 1. The molecule has 2 rings (SSSR count). The molecule has 2 aromatic rings. The second-order valence-electron chi connectivity index (χ2n) is 3.48. The first-order valence-electron chi connectivity index (χ1n) is 5.01. The summed E-state index contributed by atoms with van der Waals surface area (Å²) in [5.41, 5.74) is 1.70. The molecule has 0 aliphatic carbocycles. The van der Waals surface area contributed by atoms with Crippen LogP contribution in [0.3, 0.4) is 0 Å². The van der Waals surface area contributed by atoms with Gasteiger partial charge in [0.15, 0.2) is 0 Å². The predicted octanol–water partition coefficient (Wildman–Crippen LogP) is 1.12. The van der Waals surface area contributed by atoms with Crippen LogP contribution in [0.2, 0.25) is 0 Å². The number of carboxylic acids is 1. The van der Waals surface area contributed by atoms with Gasteiger partial charge in [0.1, 0.15) is 5.75 Å². The summed E-state index contributed by atoms with van der Waals surface area (Å²) in [6.45, 7) is 0. The van der Waals surface area contributed by atoms with Gasteiger partial charge in [-0.3, -0.25) is 4.98 Å². The summed E-state index contributed by atoms with van der Waals surface area (Å²) in [4.78, 5) is 14.8. The number of hydrogen-bond acceptors (Lipinski definition) is 4. The standard InChI is InChI=1S/C13H11NO3/c1-17-12-6-11(7-14-8-12)9-3-2-4-10(5-9)13(15)16/h2-8H,1H3,(H,15,16)/p-1. The highest BCUT2D eigenvalue weighted by Crippen LogP contribution is 2.23. The molecule has 4 nitrogen and oxygen atoms in total. The minimum absolute atomic E-state index is 0.144. The highest BCUT2D eigenvalue weighted by molar-refractivity contribution is 5.87. The van der Waals surface area contributed by atoms with Crippen LogP contribution in [0.5, 0.6) is 5.75 Å². The molecule has 0 atom stereocenters. The van der Waals surface area contributed by atoms with Crippen molar-refractivity contribution in [2.45, 2.75) is 0 Å². The fraction of sp³-hybridized carbons (Fsp3) is 0.0769. The number of aromatic carboxylic acids is 1. The van der Waals surface area contributed by atoms with Gasteiger partial charge >= 0.3 is 0 Å². The molecule has 4 heteroatoms. The van der Waals surface area contributed by atoms with E-state index in [-0.39, 0.29) is 5.56 Å². The summed E-state index contributed by atoms with van der Waals surface area (Å²) in [7, 11) is 1.55. The Kier molecular flexibility index (Phi) is 3.05. The van der Waals surface area contributed by atoms with Gasteiger partial charge < -0.3 is 14.6 Å². The molecular weight excluding hydrogens is 218 g/mol. The summed E-state index contributed by atoms with van der Waals surface area (Å²) in [6, 6.07) is 8.31. The highest BCUT2D eigenvalue weighted by atomic mass is 16.5. The molecule has 0 saturated carbocycles. The van der Waals surface area contributed by atoms with E-state index in [0.717, 1.165) is 11.1 Å². The molecule has 1 heterocycles. The van der Waals surface area contributed by atoms with Crippen LogP contribution in [0.15, 0.2) is 42.7 Å². The Morgan fingerprint density at radius 1 is 1.24 bits per heavy atom. The van der Waals surface area contributed by atoms with Gasteiger partial charge in [-0.2, -0.15) is 0 Å². The van der Waals surface area contributed by atoms with Crippen molar-refractivity contribution in [2.24, 2.45) is 0 Å². The molecule has 1 aromatic heterocycles. The fourth-order valence-electron chi connectivity index (χ4n) is 1.51. The quantitative estimate of drug-likeness (QED) is 0.789. The molecule has 86 valence electrons. The Balaban J connectivity index is 2.45. The summed E-state index contributed by atoms with van der Waals surface area (Å²) in [5.74, 6) is -0.566. The monoisotopic (exact) mass is 228 g/mol. The lowest BCUT2D eigenvalue weighted by molar-refractivity contribution is -0.255. The minimum atomic E-state index is -1.19. The number of carbonyl (C=O) groups excluding carboxylic acids is 1. The zero-order valence-electron chi connectivity index (χ0n) is 9.21. The number of carboxylic acid groups (broad SMARTS) is 1. The first-order chi connectivity index (χ1) is 8.20. The number of ether oxygens (including phenoxy) is 1. The Bertz CT molecular complexity index is 552. The van der Waals surface area contributed by atoms with E-state index in [1.807, 2.05) is 6.07 Å². The lowest BCUT2D eigenvalue weighted by Crippen LogP contribution is -2.22. The van der Waals surface area contributed by atoms with Crippen LogP contribution < -0.4 is 9.84 Å². The van der Waals surface area contributed by atoms with E-state index >= 15 is 0 Å². The molecule has 0 saturated heterocycles. The lowest BCUT2D eigenvalue weighted by Gasteiger charge is -2.07. The average Bonchev–Trinajstić information content (AvgIpc) is 2.39. The van der Waals surface area contributed by atoms with Gasteiger partial charge in [-0.15, -0.1) is 0 Å². The smallest absolute Gasteiger partial charge is 0.137 e. The molecule has 0 amide bonds. The number of pyridine rings is 1. The third-order valence-corrected chi connectivity index (χ3v) is 2.38. The van der Waals surface area contributed by atoms with E-state index in [0.29, 0.717) is 5.75 Å².